The first-order valence-electron chi connectivity index (χ1n) is 5.30. The Balaban J connectivity index is 2.51. The van der Waals surface area contributed by atoms with Crippen LogP contribution in [0.5, 0.6) is 5.75 Å². The maximum absolute atomic E-state index is 9.83. The maximum atomic E-state index is 9.83. The molecule has 0 aromatic heterocycles. The zero-order valence-electron chi connectivity index (χ0n) is 9.06. The molecule has 0 saturated heterocycles. The molecular weight excluding hydrogens is 198 g/mol. The van der Waals surface area contributed by atoms with Gasteiger partial charge in [-0.25, -0.2) is 0 Å². The van der Waals surface area contributed by atoms with E-state index in [0.717, 1.165) is 17.7 Å². The van der Waals surface area contributed by atoms with Crippen molar-refractivity contribution in [2.24, 2.45) is 0 Å². The van der Waals surface area contributed by atoms with Crippen molar-refractivity contribution in [3.8, 4) is 16.9 Å². The molecule has 0 heterocycles. The number of hydrogen-bond donors (Lipinski definition) is 2. The van der Waals surface area contributed by atoms with E-state index >= 15 is 0 Å². The van der Waals surface area contributed by atoms with Crippen LogP contribution in [0.25, 0.3) is 11.1 Å². The Morgan fingerprint density at radius 1 is 0.938 bits per heavy atom. The van der Waals surface area contributed by atoms with Crippen molar-refractivity contribution in [3.05, 3.63) is 61.1 Å². The van der Waals surface area contributed by atoms with Crippen LogP contribution in [-0.4, -0.2) is 5.11 Å². The van der Waals surface area contributed by atoms with Crippen molar-refractivity contribution in [3.63, 3.8) is 0 Å². The molecule has 0 radical (unpaired) electrons. The number of rotatable bonds is 3. The molecule has 0 amide bonds. The number of phenolic OH excluding ortho intramolecular Hbond substituents is 1. The standard InChI is InChI=1S/C14H15NO/c1-15-10-11-6-2-3-7-12(11)13-8-4-5-9-14(13)16/h2-9,16H,1,10,15H2. The third-order valence-corrected chi connectivity index (χ3v) is 2.58. The summed E-state index contributed by atoms with van der Waals surface area (Å²) in [6.45, 7) is 0.810. The Bertz CT molecular complexity index is 480. The van der Waals surface area contributed by atoms with Crippen LogP contribution in [0, 0.1) is 7.05 Å². The first-order valence-corrected chi connectivity index (χ1v) is 5.30. The summed E-state index contributed by atoms with van der Waals surface area (Å²) in [5.41, 5.74) is 3.12. The van der Waals surface area contributed by atoms with Gasteiger partial charge in [-0.1, -0.05) is 42.5 Å². The number of phenols is 1. The van der Waals surface area contributed by atoms with Crippen LogP contribution in [0.15, 0.2) is 48.5 Å². The summed E-state index contributed by atoms with van der Waals surface area (Å²) in [6.07, 6.45) is 0. The molecule has 82 valence electrons. The molecule has 3 N–H and O–H groups in total. The first kappa shape index (κ1) is 10.7. The maximum Gasteiger partial charge on any atom is 0.123 e. The van der Waals surface area contributed by atoms with Crippen LogP contribution < -0.4 is 5.32 Å². The zero-order chi connectivity index (χ0) is 11.4. The van der Waals surface area contributed by atoms with Crippen molar-refractivity contribution >= 4 is 0 Å². The van der Waals surface area contributed by atoms with E-state index in [1.807, 2.05) is 41.7 Å². The van der Waals surface area contributed by atoms with Gasteiger partial charge in [0.1, 0.15) is 5.75 Å². The molecule has 0 aliphatic carbocycles. The summed E-state index contributed by atoms with van der Waals surface area (Å²) < 4.78 is 0. The lowest BCUT2D eigenvalue weighted by molar-refractivity contribution is -0.612. The Morgan fingerprint density at radius 3 is 2.25 bits per heavy atom. The molecule has 0 bridgehead atoms. The molecule has 16 heavy (non-hydrogen) atoms. The molecule has 2 aromatic rings. The van der Waals surface area contributed by atoms with Gasteiger partial charge >= 0.3 is 0 Å². The van der Waals surface area contributed by atoms with Crippen LogP contribution >= 0.6 is 0 Å². The fourth-order valence-corrected chi connectivity index (χ4v) is 1.82. The average molecular weight is 213 g/mol. The fraction of sp³-hybridized carbons (Fsp3) is 0.0714. The largest absolute Gasteiger partial charge is 0.507 e. The Hall–Kier alpha value is -1.80. The zero-order valence-corrected chi connectivity index (χ0v) is 9.06. The predicted molar refractivity (Wildman–Crippen MR) is 64.5 cm³/mol. The molecule has 2 nitrogen and oxygen atoms in total. The summed E-state index contributed by atoms with van der Waals surface area (Å²) in [7, 11) is 3.75. The van der Waals surface area contributed by atoms with Gasteiger partial charge in [0.25, 0.3) is 0 Å². The topological polar surface area (TPSA) is 36.8 Å². The molecule has 2 heteroatoms. The van der Waals surface area contributed by atoms with Crippen LogP contribution in [0.2, 0.25) is 0 Å². The Kier molecular flexibility index (Phi) is 3.22. The number of benzene rings is 2. The number of nitrogens with two attached hydrogens (primary N) is 1. The minimum absolute atomic E-state index is 0.319. The van der Waals surface area contributed by atoms with E-state index in [2.05, 4.69) is 13.1 Å². The Morgan fingerprint density at radius 2 is 1.56 bits per heavy atom. The quantitative estimate of drug-likeness (QED) is 0.751. The van der Waals surface area contributed by atoms with Gasteiger partial charge in [0.2, 0.25) is 0 Å². The normalized spacial score (nSPS) is 10.3. The van der Waals surface area contributed by atoms with Crippen molar-refractivity contribution in [1.29, 1.82) is 0 Å². The highest BCUT2D eigenvalue weighted by Gasteiger charge is 2.07. The summed E-state index contributed by atoms with van der Waals surface area (Å²) in [4.78, 5) is 0. The molecule has 2 rings (SSSR count). The molecule has 0 atom stereocenters. The summed E-state index contributed by atoms with van der Waals surface area (Å²) in [5, 5.41) is 11.7. The lowest BCUT2D eigenvalue weighted by Gasteiger charge is -2.10. The van der Waals surface area contributed by atoms with Crippen LogP contribution in [0.4, 0.5) is 0 Å². The van der Waals surface area contributed by atoms with E-state index in [9.17, 15) is 5.11 Å². The highest BCUT2D eigenvalue weighted by atomic mass is 16.3. The molecule has 0 fully saturated rings. The van der Waals surface area contributed by atoms with Crippen LogP contribution in [0.3, 0.4) is 0 Å². The monoisotopic (exact) mass is 213 g/mol. The molecular formula is C14H15NO. The summed E-state index contributed by atoms with van der Waals surface area (Å²) in [6, 6.07) is 15.5. The highest BCUT2D eigenvalue weighted by Crippen LogP contribution is 2.30. The third-order valence-electron chi connectivity index (χ3n) is 2.58. The molecule has 0 aliphatic rings. The van der Waals surface area contributed by atoms with Crippen molar-refractivity contribution in [1.82, 2.24) is 0 Å². The fourth-order valence-electron chi connectivity index (χ4n) is 1.82. The van der Waals surface area contributed by atoms with Gasteiger partial charge in [0.15, 0.2) is 0 Å². The lowest BCUT2D eigenvalue weighted by Crippen LogP contribution is -2.74. The molecule has 0 spiro atoms. The number of aromatic hydroxyl groups is 1. The van der Waals surface area contributed by atoms with E-state index in [1.165, 1.54) is 5.56 Å². The highest BCUT2D eigenvalue weighted by molar-refractivity contribution is 5.72. The van der Waals surface area contributed by atoms with Crippen molar-refractivity contribution < 1.29 is 10.4 Å². The lowest BCUT2D eigenvalue weighted by atomic mass is 9.99. The van der Waals surface area contributed by atoms with Gasteiger partial charge in [0.05, 0.1) is 6.54 Å². The molecule has 0 saturated carbocycles. The average Bonchev–Trinajstić information content (AvgIpc) is 2.31. The van der Waals surface area contributed by atoms with Crippen LogP contribution in [-0.2, 0) is 6.54 Å². The van der Waals surface area contributed by atoms with E-state index < -0.39 is 0 Å². The van der Waals surface area contributed by atoms with Gasteiger partial charge in [0, 0.05) is 11.1 Å². The van der Waals surface area contributed by atoms with Gasteiger partial charge < -0.3 is 10.4 Å². The van der Waals surface area contributed by atoms with Crippen molar-refractivity contribution in [2.45, 2.75) is 6.54 Å². The second-order valence-corrected chi connectivity index (χ2v) is 3.67. The number of quaternary nitrogens is 1. The number of para-hydroxylation sites is 1. The summed E-state index contributed by atoms with van der Waals surface area (Å²) in [5.74, 6) is 0.319. The second kappa shape index (κ2) is 4.81. The smallest absolute Gasteiger partial charge is 0.123 e. The molecule has 0 unspecified atom stereocenters. The van der Waals surface area contributed by atoms with Gasteiger partial charge in [-0.2, -0.15) is 7.05 Å². The number of hydrogen-bond acceptors (Lipinski definition) is 1. The second-order valence-electron chi connectivity index (χ2n) is 3.67. The van der Waals surface area contributed by atoms with E-state index in [0.29, 0.717) is 5.75 Å². The van der Waals surface area contributed by atoms with E-state index in [1.54, 1.807) is 6.07 Å². The van der Waals surface area contributed by atoms with Gasteiger partial charge in [-0.15, -0.1) is 0 Å². The minimum Gasteiger partial charge on any atom is -0.507 e. The predicted octanol–water partition coefficient (Wildman–Crippen LogP) is 1.91. The van der Waals surface area contributed by atoms with Gasteiger partial charge in [-0.05, 0) is 11.6 Å². The molecule has 2 aromatic carbocycles. The minimum atomic E-state index is 0.319. The van der Waals surface area contributed by atoms with Crippen molar-refractivity contribution in [2.75, 3.05) is 0 Å². The SMILES string of the molecule is [CH2-][NH2+]Cc1ccccc1-c1ccccc1O. The van der Waals surface area contributed by atoms with Gasteiger partial charge in [-0.3, -0.25) is 0 Å². The van der Waals surface area contributed by atoms with E-state index in [4.69, 9.17) is 0 Å². The summed E-state index contributed by atoms with van der Waals surface area (Å²) >= 11 is 0. The Labute approximate surface area is 95.6 Å². The molecule has 0 aliphatic heterocycles. The van der Waals surface area contributed by atoms with E-state index in [-0.39, 0.29) is 0 Å². The third kappa shape index (κ3) is 2.07. The first-order chi connectivity index (χ1) is 7.83. The van der Waals surface area contributed by atoms with Crippen LogP contribution in [0.1, 0.15) is 5.56 Å².